The van der Waals surface area contributed by atoms with Gasteiger partial charge in [0.05, 0.1) is 0 Å². The molecule has 0 radical (unpaired) electrons. The second-order valence-corrected chi connectivity index (χ2v) is 5.88. The molecule has 28 heavy (non-hydrogen) atoms. The quantitative estimate of drug-likeness (QED) is 0.291. The molecule has 0 atom stereocenters. The molecule has 6 nitrogen and oxygen atoms in total. The van der Waals surface area contributed by atoms with Gasteiger partial charge in [0.25, 0.3) is 0 Å². The first kappa shape index (κ1) is 19.0. The highest BCUT2D eigenvalue weighted by atomic mass is 16.5. The number of hydrogen-bond acceptors (Lipinski definition) is 6. The zero-order chi connectivity index (χ0) is 19.9. The van der Waals surface area contributed by atoms with E-state index in [2.05, 4.69) is 6.58 Å². The smallest absolute Gasteiger partial charge is 0.336 e. The molecule has 1 N–H and O–H groups in total. The molecule has 142 valence electrons. The second kappa shape index (κ2) is 8.73. The highest BCUT2D eigenvalue weighted by molar-refractivity contribution is 5.87. The van der Waals surface area contributed by atoms with Crippen LogP contribution in [0.2, 0.25) is 0 Å². The molecule has 0 amide bonds. The van der Waals surface area contributed by atoms with Gasteiger partial charge in [-0.2, -0.15) is 0 Å². The van der Waals surface area contributed by atoms with Gasteiger partial charge in [-0.25, -0.2) is 9.59 Å². The molecule has 0 aliphatic carbocycles. The number of fused-ring (bicyclic) bond motifs is 1. The first-order valence-electron chi connectivity index (χ1n) is 8.49. The van der Waals surface area contributed by atoms with Gasteiger partial charge in [-0.1, -0.05) is 24.8 Å². The van der Waals surface area contributed by atoms with Crippen molar-refractivity contribution in [3.63, 3.8) is 0 Å². The number of carbonyl (C=O) groups excluding carboxylic acids is 1. The van der Waals surface area contributed by atoms with E-state index in [4.69, 9.17) is 13.9 Å². The molecule has 3 rings (SSSR count). The molecule has 0 saturated carbocycles. The summed E-state index contributed by atoms with van der Waals surface area (Å²) in [4.78, 5) is 23.6. The third-order valence-electron chi connectivity index (χ3n) is 3.84. The van der Waals surface area contributed by atoms with Crippen LogP contribution in [-0.4, -0.2) is 17.7 Å². The molecule has 0 fully saturated rings. The summed E-state index contributed by atoms with van der Waals surface area (Å²) in [6.45, 7) is 3.92. The van der Waals surface area contributed by atoms with Crippen molar-refractivity contribution in [3.05, 3.63) is 88.8 Å². The molecular formula is C22H18O6. The van der Waals surface area contributed by atoms with Crippen LogP contribution in [0.15, 0.2) is 76.5 Å². The van der Waals surface area contributed by atoms with E-state index >= 15 is 0 Å². The standard InChI is InChI=1S/C22H18O6/c1-2-11-26-18-7-3-15(4-8-18)5-10-21(24)27-14-16-12-22(25)28-20-13-17(23)6-9-19(16)20/h2-10,12-13,23H,1,11,14H2/b10-5+. The maximum absolute atomic E-state index is 12.0. The van der Waals surface area contributed by atoms with Gasteiger partial charge >= 0.3 is 11.6 Å². The van der Waals surface area contributed by atoms with Crippen molar-refractivity contribution in [1.82, 2.24) is 0 Å². The van der Waals surface area contributed by atoms with Gasteiger partial charge in [0.2, 0.25) is 0 Å². The molecule has 0 unspecified atom stereocenters. The Bertz CT molecular complexity index is 1080. The number of ether oxygens (including phenoxy) is 2. The van der Waals surface area contributed by atoms with Gasteiger partial charge in [0.1, 0.15) is 30.3 Å². The van der Waals surface area contributed by atoms with Crippen molar-refractivity contribution >= 4 is 23.0 Å². The minimum atomic E-state index is -0.585. The minimum absolute atomic E-state index is 0.0198. The number of esters is 1. The predicted octanol–water partition coefficient (Wildman–Crippen LogP) is 3.82. The number of rotatable bonds is 7. The first-order chi connectivity index (χ1) is 13.5. The number of phenols is 1. The summed E-state index contributed by atoms with van der Waals surface area (Å²) in [5.74, 6) is 0.140. The summed E-state index contributed by atoms with van der Waals surface area (Å²) in [5.41, 5.74) is 0.951. The lowest BCUT2D eigenvalue weighted by molar-refractivity contribution is -0.138. The van der Waals surface area contributed by atoms with Gasteiger partial charge in [0.15, 0.2) is 0 Å². The van der Waals surface area contributed by atoms with Crippen molar-refractivity contribution < 1.29 is 23.8 Å². The second-order valence-electron chi connectivity index (χ2n) is 5.88. The van der Waals surface area contributed by atoms with Crippen LogP contribution >= 0.6 is 0 Å². The predicted molar refractivity (Wildman–Crippen MR) is 105 cm³/mol. The maximum atomic E-state index is 12.0. The van der Waals surface area contributed by atoms with E-state index in [9.17, 15) is 14.7 Å². The van der Waals surface area contributed by atoms with E-state index in [1.807, 2.05) is 12.1 Å². The number of phenolic OH excluding ortho intramolecular Hbond substituents is 1. The normalized spacial score (nSPS) is 10.9. The van der Waals surface area contributed by atoms with Crippen molar-refractivity contribution in [2.75, 3.05) is 6.61 Å². The van der Waals surface area contributed by atoms with E-state index < -0.39 is 11.6 Å². The highest BCUT2D eigenvalue weighted by Gasteiger charge is 2.08. The number of aromatic hydroxyl groups is 1. The summed E-state index contributed by atoms with van der Waals surface area (Å²) in [6, 6.07) is 12.9. The molecule has 6 heteroatoms. The van der Waals surface area contributed by atoms with E-state index in [1.54, 1.807) is 30.4 Å². The fourth-order valence-corrected chi connectivity index (χ4v) is 2.53. The molecule has 0 bridgehead atoms. The SMILES string of the molecule is C=CCOc1ccc(/C=C/C(=O)OCc2cc(=O)oc3cc(O)ccc23)cc1. The van der Waals surface area contributed by atoms with Crippen LogP contribution in [0.4, 0.5) is 0 Å². The Morgan fingerprint density at radius 1 is 1.14 bits per heavy atom. The Morgan fingerprint density at radius 3 is 2.68 bits per heavy atom. The summed E-state index contributed by atoms with van der Waals surface area (Å²) in [6.07, 6.45) is 4.58. The van der Waals surface area contributed by atoms with Crippen LogP contribution in [-0.2, 0) is 16.1 Å². The van der Waals surface area contributed by atoms with Crippen molar-refractivity contribution in [2.45, 2.75) is 6.61 Å². The van der Waals surface area contributed by atoms with Crippen LogP contribution < -0.4 is 10.4 Å². The van der Waals surface area contributed by atoms with E-state index in [0.717, 1.165) is 5.56 Å². The van der Waals surface area contributed by atoms with Crippen LogP contribution in [0.5, 0.6) is 11.5 Å². The van der Waals surface area contributed by atoms with Gasteiger partial charge < -0.3 is 19.0 Å². The Hall–Kier alpha value is -3.80. The van der Waals surface area contributed by atoms with Gasteiger partial charge in [-0.3, -0.25) is 0 Å². The molecule has 0 aliphatic heterocycles. The van der Waals surface area contributed by atoms with Crippen molar-refractivity contribution in [3.8, 4) is 11.5 Å². The van der Waals surface area contributed by atoms with Crippen molar-refractivity contribution in [1.29, 1.82) is 0 Å². The summed E-state index contributed by atoms with van der Waals surface area (Å²) >= 11 is 0. The van der Waals surface area contributed by atoms with Crippen LogP contribution in [0.3, 0.4) is 0 Å². The third-order valence-corrected chi connectivity index (χ3v) is 3.84. The lowest BCUT2D eigenvalue weighted by atomic mass is 10.1. The summed E-state index contributed by atoms with van der Waals surface area (Å²) in [5, 5.41) is 10.1. The molecule has 1 heterocycles. The van der Waals surface area contributed by atoms with Crippen LogP contribution in [0.25, 0.3) is 17.0 Å². The van der Waals surface area contributed by atoms with Gasteiger partial charge in [-0.15, -0.1) is 0 Å². The van der Waals surface area contributed by atoms with E-state index in [-0.39, 0.29) is 17.9 Å². The Balaban J connectivity index is 1.64. The third kappa shape index (κ3) is 4.88. The fourth-order valence-electron chi connectivity index (χ4n) is 2.53. The minimum Gasteiger partial charge on any atom is -0.508 e. The molecule has 2 aromatic carbocycles. The van der Waals surface area contributed by atoms with Crippen molar-refractivity contribution in [2.24, 2.45) is 0 Å². The van der Waals surface area contributed by atoms with E-state index in [1.165, 1.54) is 24.3 Å². The maximum Gasteiger partial charge on any atom is 0.336 e. The Morgan fingerprint density at radius 2 is 1.93 bits per heavy atom. The summed E-state index contributed by atoms with van der Waals surface area (Å²) in [7, 11) is 0. The van der Waals surface area contributed by atoms with Crippen LogP contribution in [0, 0.1) is 0 Å². The number of carbonyl (C=O) groups is 1. The zero-order valence-corrected chi connectivity index (χ0v) is 15.0. The molecule has 0 saturated heterocycles. The largest absolute Gasteiger partial charge is 0.508 e. The van der Waals surface area contributed by atoms with Gasteiger partial charge in [0, 0.05) is 29.2 Å². The van der Waals surface area contributed by atoms with Crippen LogP contribution in [0.1, 0.15) is 11.1 Å². The molecule has 0 aliphatic rings. The fraction of sp³-hybridized carbons (Fsp3) is 0.0909. The average Bonchev–Trinajstić information content (AvgIpc) is 2.69. The zero-order valence-electron chi connectivity index (χ0n) is 15.0. The molecule has 1 aromatic heterocycles. The topological polar surface area (TPSA) is 86.0 Å². The van der Waals surface area contributed by atoms with E-state index in [0.29, 0.717) is 23.3 Å². The monoisotopic (exact) mass is 378 g/mol. The van der Waals surface area contributed by atoms with Gasteiger partial charge in [-0.05, 0) is 35.9 Å². The Kier molecular flexibility index (Phi) is 5.91. The highest BCUT2D eigenvalue weighted by Crippen LogP contribution is 2.22. The number of benzene rings is 2. The molecular weight excluding hydrogens is 360 g/mol. The lowest BCUT2D eigenvalue weighted by Gasteiger charge is -2.06. The molecule has 3 aromatic rings. The summed E-state index contributed by atoms with van der Waals surface area (Å²) < 4.78 is 15.7. The number of hydrogen-bond donors (Lipinski definition) is 1. The molecule has 0 spiro atoms. The Labute approximate surface area is 160 Å². The average molecular weight is 378 g/mol. The lowest BCUT2D eigenvalue weighted by Crippen LogP contribution is -2.05. The first-order valence-corrected chi connectivity index (χ1v) is 8.49.